The fraction of sp³-hybridized carbons (Fsp3) is 0.500. The van der Waals surface area contributed by atoms with E-state index in [2.05, 4.69) is 4.72 Å². The summed E-state index contributed by atoms with van der Waals surface area (Å²) in [6.07, 6.45) is 1.35. The zero-order valence-corrected chi connectivity index (χ0v) is 11.7. The molecule has 106 valence electrons. The minimum atomic E-state index is -3.54. The lowest BCUT2D eigenvalue weighted by Crippen LogP contribution is -2.50. The monoisotopic (exact) mass is 286 g/mol. The zero-order chi connectivity index (χ0) is 14.0. The van der Waals surface area contributed by atoms with Crippen molar-refractivity contribution in [3.63, 3.8) is 0 Å². The van der Waals surface area contributed by atoms with E-state index in [0.717, 1.165) is 0 Å². The molecule has 1 aliphatic rings. The lowest BCUT2D eigenvalue weighted by atomic mass is 9.89. The summed E-state index contributed by atoms with van der Waals surface area (Å²) in [5.41, 5.74) is 5.64. The Morgan fingerprint density at radius 2 is 1.84 bits per heavy atom. The molecule has 6 nitrogen and oxygen atoms in total. The molecule has 0 atom stereocenters. The maximum atomic E-state index is 12.2. The van der Waals surface area contributed by atoms with Crippen molar-refractivity contribution in [3.05, 3.63) is 18.2 Å². The van der Waals surface area contributed by atoms with Crippen LogP contribution in [0.2, 0.25) is 0 Å². The Balaban J connectivity index is 2.20. The van der Waals surface area contributed by atoms with E-state index in [1.54, 1.807) is 6.07 Å². The molecule has 0 radical (unpaired) electrons. The third-order valence-electron chi connectivity index (χ3n) is 3.16. The molecule has 1 fully saturated rings. The Bertz CT molecular complexity index is 553. The third-order valence-corrected chi connectivity index (χ3v) is 4.68. The first-order valence-electron chi connectivity index (χ1n) is 5.96. The number of rotatable bonds is 5. The molecule has 0 amide bonds. The fourth-order valence-corrected chi connectivity index (χ4v) is 3.31. The quantitative estimate of drug-likeness (QED) is 0.821. The van der Waals surface area contributed by atoms with Crippen molar-refractivity contribution in [3.8, 4) is 11.5 Å². The van der Waals surface area contributed by atoms with Crippen LogP contribution >= 0.6 is 0 Å². The first kappa shape index (κ1) is 14.1. The Morgan fingerprint density at radius 1 is 1.21 bits per heavy atom. The molecule has 3 N–H and O–H groups in total. The van der Waals surface area contributed by atoms with Crippen molar-refractivity contribution in [2.75, 3.05) is 14.2 Å². The number of ether oxygens (including phenoxy) is 2. The van der Waals surface area contributed by atoms with Crippen LogP contribution < -0.4 is 19.9 Å². The number of sulfonamides is 1. The summed E-state index contributed by atoms with van der Waals surface area (Å²) in [4.78, 5) is 0.158. The summed E-state index contributed by atoms with van der Waals surface area (Å²) in [7, 11) is -0.578. The van der Waals surface area contributed by atoms with Gasteiger partial charge in [-0.1, -0.05) is 0 Å². The number of methoxy groups -OCH3 is 2. The second kappa shape index (κ2) is 5.36. The van der Waals surface area contributed by atoms with E-state index in [9.17, 15) is 8.42 Å². The summed E-state index contributed by atoms with van der Waals surface area (Å²) >= 11 is 0. The predicted octanol–water partition coefficient (Wildman–Crippen LogP) is 0.472. The van der Waals surface area contributed by atoms with Gasteiger partial charge in [-0.2, -0.15) is 0 Å². The second-order valence-corrected chi connectivity index (χ2v) is 6.28. The van der Waals surface area contributed by atoms with Crippen LogP contribution in [0.4, 0.5) is 0 Å². The third kappa shape index (κ3) is 2.99. The topological polar surface area (TPSA) is 90.7 Å². The molecule has 0 aromatic heterocycles. The molecule has 1 aromatic rings. The van der Waals surface area contributed by atoms with E-state index in [1.165, 1.54) is 26.4 Å². The first-order valence-corrected chi connectivity index (χ1v) is 7.44. The van der Waals surface area contributed by atoms with Gasteiger partial charge in [-0.25, -0.2) is 13.1 Å². The Kier molecular flexibility index (Phi) is 3.98. The Hall–Kier alpha value is -1.31. The van der Waals surface area contributed by atoms with Crippen molar-refractivity contribution in [1.29, 1.82) is 0 Å². The van der Waals surface area contributed by atoms with Gasteiger partial charge in [0.05, 0.1) is 19.1 Å². The molecular formula is C12H18N2O4S. The molecule has 0 unspecified atom stereocenters. The summed E-state index contributed by atoms with van der Waals surface area (Å²) in [6.45, 7) is 0. The molecular weight excluding hydrogens is 268 g/mol. The van der Waals surface area contributed by atoms with Crippen molar-refractivity contribution in [1.82, 2.24) is 4.72 Å². The van der Waals surface area contributed by atoms with Crippen LogP contribution in [0.1, 0.15) is 12.8 Å². The van der Waals surface area contributed by atoms with E-state index in [0.29, 0.717) is 24.3 Å². The van der Waals surface area contributed by atoms with E-state index in [1.807, 2.05) is 0 Å². The van der Waals surface area contributed by atoms with Gasteiger partial charge in [0.15, 0.2) is 11.5 Å². The smallest absolute Gasteiger partial charge is 0.240 e. The van der Waals surface area contributed by atoms with E-state index >= 15 is 0 Å². The largest absolute Gasteiger partial charge is 0.493 e. The summed E-state index contributed by atoms with van der Waals surface area (Å²) in [5.74, 6) is 0.878. The van der Waals surface area contributed by atoms with Crippen LogP contribution in [0.5, 0.6) is 11.5 Å². The minimum Gasteiger partial charge on any atom is -0.493 e. The summed E-state index contributed by atoms with van der Waals surface area (Å²) in [5, 5.41) is 0. The van der Waals surface area contributed by atoms with Crippen LogP contribution in [0, 0.1) is 0 Å². The normalized spacial score (nSPS) is 22.7. The van der Waals surface area contributed by atoms with Gasteiger partial charge in [-0.15, -0.1) is 0 Å². The van der Waals surface area contributed by atoms with Crippen LogP contribution in [-0.4, -0.2) is 34.7 Å². The van der Waals surface area contributed by atoms with E-state index in [4.69, 9.17) is 15.2 Å². The first-order chi connectivity index (χ1) is 8.96. The summed E-state index contributed by atoms with van der Waals surface area (Å²) < 4.78 is 37.1. The van der Waals surface area contributed by atoms with Gasteiger partial charge in [0, 0.05) is 18.2 Å². The highest BCUT2D eigenvalue weighted by molar-refractivity contribution is 7.89. The standard InChI is InChI=1S/C12H18N2O4S/c1-17-11-4-3-10(7-12(11)18-2)19(15,16)14-9-5-8(13)6-9/h3-4,7-9,14H,5-6,13H2,1-2H3. The van der Waals surface area contributed by atoms with Crippen LogP contribution in [0.15, 0.2) is 23.1 Å². The van der Waals surface area contributed by atoms with Gasteiger partial charge in [-0.3, -0.25) is 0 Å². The molecule has 1 saturated carbocycles. The van der Waals surface area contributed by atoms with Gasteiger partial charge >= 0.3 is 0 Å². The highest BCUT2D eigenvalue weighted by Gasteiger charge is 2.30. The van der Waals surface area contributed by atoms with Gasteiger partial charge < -0.3 is 15.2 Å². The van der Waals surface area contributed by atoms with Gasteiger partial charge in [-0.05, 0) is 25.0 Å². The number of nitrogens with one attached hydrogen (secondary N) is 1. The maximum Gasteiger partial charge on any atom is 0.240 e. The van der Waals surface area contributed by atoms with Gasteiger partial charge in [0.2, 0.25) is 10.0 Å². The molecule has 0 spiro atoms. The van der Waals surface area contributed by atoms with Crippen molar-refractivity contribution in [2.24, 2.45) is 5.73 Å². The molecule has 2 rings (SSSR count). The SMILES string of the molecule is COc1ccc(S(=O)(=O)NC2CC(N)C2)cc1OC. The Labute approximate surface area is 112 Å². The van der Waals surface area contributed by atoms with Crippen LogP contribution in [0.3, 0.4) is 0 Å². The average molecular weight is 286 g/mol. The van der Waals surface area contributed by atoms with Crippen LogP contribution in [-0.2, 0) is 10.0 Å². The molecule has 0 aliphatic heterocycles. The highest BCUT2D eigenvalue weighted by Crippen LogP contribution is 2.30. The zero-order valence-electron chi connectivity index (χ0n) is 10.9. The van der Waals surface area contributed by atoms with E-state index in [-0.39, 0.29) is 17.0 Å². The number of benzene rings is 1. The van der Waals surface area contributed by atoms with Gasteiger partial charge in [0.25, 0.3) is 0 Å². The van der Waals surface area contributed by atoms with Crippen LogP contribution in [0.25, 0.3) is 0 Å². The van der Waals surface area contributed by atoms with Crippen molar-refractivity contribution >= 4 is 10.0 Å². The maximum absolute atomic E-state index is 12.2. The molecule has 0 heterocycles. The molecule has 19 heavy (non-hydrogen) atoms. The molecule has 1 aromatic carbocycles. The number of nitrogens with two attached hydrogens (primary N) is 1. The Morgan fingerprint density at radius 3 is 2.37 bits per heavy atom. The summed E-state index contributed by atoms with van der Waals surface area (Å²) in [6, 6.07) is 4.52. The average Bonchev–Trinajstić information content (AvgIpc) is 2.35. The molecule has 1 aliphatic carbocycles. The minimum absolute atomic E-state index is 0.0758. The molecule has 7 heteroatoms. The lowest BCUT2D eigenvalue weighted by molar-refractivity contribution is 0.327. The highest BCUT2D eigenvalue weighted by atomic mass is 32.2. The van der Waals surface area contributed by atoms with Crippen molar-refractivity contribution < 1.29 is 17.9 Å². The lowest BCUT2D eigenvalue weighted by Gasteiger charge is -2.32. The predicted molar refractivity (Wildman–Crippen MR) is 70.9 cm³/mol. The second-order valence-electron chi connectivity index (χ2n) is 4.57. The fourth-order valence-electron chi connectivity index (χ4n) is 2.03. The van der Waals surface area contributed by atoms with Crippen molar-refractivity contribution in [2.45, 2.75) is 29.8 Å². The number of hydrogen-bond acceptors (Lipinski definition) is 5. The van der Waals surface area contributed by atoms with E-state index < -0.39 is 10.0 Å². The molecule has 0 bridgehead atoms. The van der Waals surface area contributed by atoms with Gasteiger partial charge in [0.1, 0.15) is 0 Å². The molecule has 0 saturated heterocycles. The number of hydrogen-bond donors (Lipinski definition) is 2.